The Morgan fingerprint density at radius 3 is 3.09 bits per heavy atom. The molecule has 8 heteroatoms. The number of aromatic nitrogens is 4. The number of benzene rings is 1. The molecule has 0 bridgehead atoms. The van der Waals surface area contributed by atoms with E-state index in [4.69, 9.17) is 16.0 Å². The smallest absolute Gasteiger partial charge is 0.350 e. The van der Waals surface area contributed by atoms with Crippen molar-refractivity contribution < 1.29 is 4.42 Å². The first kappa shape index (κ1) is 13.8. The van der Waals surface area contributed by atoms with Gasteiger partial charge in [0.05, 0.1) is 40.8 Å². The van der Waals surface area contributed by atoms with Crippen LogP contribution in [0.5, 0.6) is 0 Å². The maximum absolute atomic E-state index is 12.4. The van der Waals surface area contributed by atoms with Gasteiger partial charge in [0, 0.05) is 18.6 Å². The fraction of sp³-hybridized carbons (Fsp3) is 0.133. The van der Waals surface area contributed by atoms with E-state index in [-0.39, 0.29) is 5.69 Å². The van der Waals surface area contributed by atoms with Crippen LogP contribution in [0.25, 0.3) is 21.9 Å². The molecule has 0 saturated carbocycles. The lowest BCUT2D eigenvalue weighted by molar-refractivity contribution is 0.618. The number of rotatable bonds is 3. The maximum Gasteiger partial charge on any atom is 0.350 e. The summed E-state index contributed by atoms with van der Waals surface area (Å²) < 4.78 is 7.12. The van der Waals surface area contributed by atoms with Gasteiger partial charge in [-0.3, -0.25) is 4.57 Å². The van der Waals surface area contributed by atoms with E-state index in [2.05, 4.69) is 20.3 Å². The van der Waals surface area contributed by atoms with Crippen LogP contribution in [0, 0.1) is 0 Å². The zero-order valence-electron chi connectivity index (χ0n) is 12.1. The second-order valence-corrected chi connectivity index (χ2v) is 5.48. The number of furan rings is 1. The highest BCUT2D eigenvalue weighted by Gasteiger charge is 2.17. The maximum atomic E-state index is 12.4. The molecule has 4 rings (SSSR count). The van der Waals surface area contributed by atoms with Crippen LogP contribution in [0.3, 0.4) is 0 Å². The molecule has 2 N–H and O–H groups in total. The predicted octanol–water partition coefficient (Wildman–Crippen LogP) is 2.61. The number of fused-ring (bicyclic) bond motifs is 3. The standard InChI is InChI=1S/C15H12ClN5O2/c1-17-14-12-11(4-10(16)9-2-3-23-13(9)12)21(15(22)20-14)6-8-5-18-7-19-8/h2-5,7H,6H2,1H3,(H,18,19)(H,17,20,22). The van der Waals surface area contributed by atoms with Crippen molar-refractivity contribution in [3.8, 4) is 0 Å². The number of nitrogens with zero attached hydrogens (tertiary/aromatic N) is 3. The van der Waals surface area contributed by atoms with Gasteiger partial charge >= 0.3 is 5.69 Å². The molecule has 0 fully saturated rings. The number of nitrogens with one attached hydrogen (secondary N) is 2. The predicted molar refractivity (Wildman–Crippen MR) is 88.0 cm³/mol. The van der Waals surface area contributed by atoms with Crippen LogP contribution in [0.4, 0.5) is 5.82 Å². The molecule has 0 unspecified atom stereocenters. The molecule has 0 aliphatic carbocycles. The van der Waals surface area contributed by atoms with Crippen LogP contribution in [0.15, 0.2) is 40.1 Å². The minimum Gasteiger partial charge on any atom is -0.463 e. The van der Waals surface area contributed by atoms with Gasteiger partial charge in [-0.1, -0.05) is 11.6 Å². The quantitative estimate of drug-likeness (QED) is 0.603. The summed E-state index contributed by atoms with van der Waals surface area (Å²) in [6.07, 6.45) is 4.80. The molecular weight excluding hydrogens is 318 g/mol. The SMILES string of the molecule is CNc1nc(=O)n(Cc2cnc[nH]2)c2cc(Cl)c3ccoc3c12. The average Bonchev–Trinajstić information content (AvgIpc) is 3.21. The van der Waals surface area contributed by atoms with Gasteiger partial charge in [-0.2, -0.15) is 4.98 Å². The van der Waals surface area contributed by atoms with Crippen molar-refractivity contribution in [3.05, 3.63) is 52.1 Å². The third kappa shape index (κ3) is 2.08. The number of halogens is 1. The van der Waals surface area contributed by atoms with Gasteiger partial charge < -0.3 is 14.7 Å². The Morgan fingerprint density at radius 2 is 2.35 bits per heavy atom. The average molecular weight is 330 g/mol. The van der Waals surface area contributed by atoms with Crippen molar-refractivity contribution in [2.75, 3.05) is 12.4 Å². The first-order valence-corrected chi connectivity index (χ1v) is 7.32. The van der Waals surface area contributed by atoms with Crippen LogP contribution in [-0.2, 0) is 6.54 Å². The Hall–Kier alpha value is -2.80. The number of anilines is 1. The topological polar surface area (TPSA) is 88.7 Å². The first-order valence-electron chi connectivity index (χ1n) is 6.94. The summed E-state index contributed by atoms with van der Waals surface area (Å²) in [5.41, 5.74) is 1.67. The summed E-state index contributed by atoms with van der Waals surface area (Å²) in [4.78, 5) is 23.5. The van der Waals surface area contributed by atoms with Crippen molar-refractivity contribution >= 4 is 39.3 Å². The van der Waals surface area contributed by atoms with E-state index in [1.165, 1.54) is 4.57 Å². The first-order chi connectivity index (χ1) is 11.2. The summed E-state index contributed by atoms with van der Waals surface area (Å²) in [6.45, 7) is 0.314. The number of imidazole rings is 1. The van der Waals surface area contributed by atoms with E-state index in [1.54, 1.807) is 38.0 Å². The molecular formula is C15H12ClN5O2. The van der Waals surface area contributed by atoms with E-state index in [0.717, 1.165) is 16.5 Å². The number of hydrogen-bond acceptors (Lipinski definition) is 5. The second kappa shape index (κ2) is 5.13. The van der Waals surface area contributed by atoms with Crippen molar-refractivity contribution in [1.29, 1.82) is 0 Å². The molecule has 0 aliphatic heterocycles. The highest BCUT2D eigenvalue weighted by atomic mass is 35.5. The lowest BCUT2D eigenvalue weighted by atomic mass is 10.1. The molecule has 1 aromatic carbocycles. The minimum absolute atomic E-state index is 0.314. The van der Waals surface area contributed by atoms with Gasteiger partial charge in [-0.25, -0.2) is 9.78 Å². The van der Waals surface area contributed by atoms with E-state index >= 15 is 0 Å². The van der Waals surface area contributed by atoms with E-state index in [0.29, 0.717) is 28.5 Å². The Balaban J connectivity index is 2.12. The fourth-order valence-corrected chi connectivity index (χ4v) is 2.96. The molecule has 7 nitrogen and oxygen atoms in total. The molecule has 0 spiro atoms. The van der Waals surface area contributed by atoms with Gasteiger partial charge in [0.15, 0.2) is 0 Å². The zero-order chi connectivity index (χ0) is 16.0. The monoisotopic (exact) mass is 329 g/mol. The van der Waals surface area contributed by atoms with E-state index in [1.807, 2.05) is 0 Å². The summed E-state index contributed by atoms with van der Waals surface area (Å²) in [5, 5.41) is 4.97. The van der Waals surface area contributed by atoms with Crippen LogP contribution in [-0.4, -0.2) is 26.6 Å². The molecule has 0 saturated heterocycles. The van der Waals surface area contributed by atoms with Crippen LogP contribution in [0.2, 0.25) is 5.02 Å². The second-order valence-electron chi connectivity index (χ2n) is 5.07. The van der Waals surface area contributed by atoms with Gasteiger partial charge in [-0.15, -0.1) is 0 Å². The molecule has 3 heterocycles. The fourth-order valence-electron chi connectivity index (χ4n) is 2.71. The van der Waals surface area contributed by atoms with Crippen LogP contribution in [0.1, 0.15) is 5.69 Å². The number of H-pyrrole nitrogens is 1. The molecule has 4 aromatic rings. The Morgan fingerprint density at radius 1 is 1.48 bits per heavy atom. The third-order valence-corrected chi connectivity index (χ3v) is 4.07. The molecule has 0 aliphatic rings. The van der Waals surface area contributed by atoms with E-state index in [9.17, 15) is 4.79 Å². The largest absolute Gasteiger partial charge is 0.463 e. The molecule has 3 aromatic heterocycles. The van der Waals surface area contributed by atoms with Crippen molar-refractivity contribution in [2.45, 2.75) is 6.54 Å². The van der Waals surface area contributed by atoms with Crippen LogP contribution >= 0.6 is 11.6 Å². The zero-order valence-corrected chi connectivity index (χ0v) is 12.9. The summed E-state index contributed by atoms with van der Waals surface area (Å²) >= 11 is 6.34. The number of aromatic amines is 1. The lowest BCUT2D eigenvalue weighted by Gasteiger charge is -2.12. The van der Waals surface area contributed by atoms with Crippen LogP contribution < -0.4 is 11.0 Å². The Bertz CT molecular complexity index is 1070. The van der Waals surface area contributed by atoms with Gasteiger partial charge in [0.2, 0.25) is 0 Å². The lowest BCUT2D eigenvalue weighted by Crippen LogP contribution is -2.25. The molecule has 116 valence electrons. The van der Waals surface area contributed by atoms with Crippen molar-refractivity contribution in [2.24, 2.45) is 0 Å². The minimum atomic E-state index is -0.376. The summed E-state index contributed by atoms with van der Waals surface area (Å²) in [7, 11) is 1.71. The van der Waals surface area contributed by atoms with Crippen molar-refractivity contribution in [1.82, 2.24) is 19.5 Å². The van der Waals surface area contributed by atoms with E-state index < -0.39 is 0 Å². The molecule has 0 radical (unpaired) electrons. The normalized spacial score (nSPS) is 11.4. The van der Waals surface area contributed by atoms with Crippen molar-refractivity contribution in [3.63, 3.8) is 0 Å². The highest BCUT2D eigenvalue weighted by molar-refractivity contribution is 6.37. The van der Waals surface area contributed by atoms with Gasteiger partial charge in [0.1, 0.15) is 11.4 Å². The Labute approximate surface area is 134 Å². The third-order valence-electron chi connectivity index (χ3n) is 3.76. The molecule has 23 heavy (non-hydrogen) atoms. The highest BCUT2D eigenvalue weighted by Crippen LogP contribution is 2.34. The summed E-state index contributed by atoms with van der Waals surface area (Å²) in [5.74, 6) is 0.461. The molecule has 0 amide bonds. The Kier molecular flexibility index (Phi) is 3.09. The number of hydrogen-bond donors (Lipinski definition) is 2. The molecule has 0 atom stereocenters. The summed E-state index contributed by atoms with van der Waals surface area (Å²) in [6, 6.07) is 3.55. The van der Waals surface area contributed by atoms with Gasteiger partial charge in [-0.05, 0) is 12.1 Å². The van der Waals surface area contributed by atoms with Gasteiger partial charge in [0.25, 0.3) is 0 Å².